The Labute approximate surface area is 230 Å². The second-order valence-corrected chi connectivity index (χ2v) is 10.1. The van der Waals surface area contributed by atoms with Crippen LogP contribution in [0.15, 0.2) is 47.3 Å². The highest BCUT2D eigenvalue weighted by Gasteiger charge is 2.36. The minimum absolute atomic E-state index is 0.00576. The number of phenols is 6. The molecule has 2 heterocycles. The molecule has 2 aliphatic heterocycles. The third kappa shape index (κ3) is 4.20. The molecule has 0 saturated carbocycles. The van der Waals surface area contributed by atoms with Crippen molar-refractivity contribution < 1.29 is 55.4 Å². The van der Waals surface area contributed by atoms with Gasteiger partial charge in [-0.05, 0) is 29.1 Å². The Morgan fingerprint density at radius 3 is 1.73 bits per heavy atom. The quantitative estimate of drug-likeness (QED) is 0.160. The number of hydrogen-bond acceptors (Lipinski definition) is 12. The number of aliphatic hydroxyl groups is 2. The molecular formula is C29H24O12. The molecule has 9 N–H and O–H groups in total. The van der Waals surface area contributed by atoms with Gasteiger partial charge in [-0.3, -0.25) is 4.79 Å². The average molecular weight is 564 g/mol. The predicted octanol–water partition coefficient (Wildman–Crippen LogP) is 2.21. The molecule has 0 bridgehead atoms. The number of hydrogen-bond donors (Lipinski definition) is 9. The number of ether oxygens (including phenoxy) is 2. The Balaban J connectivity index is 1.56. The number of aliphatic hydroxyl groups excluding tert-OH is 2. The van der Waals surface area contributed by atoms with E-state index >= 15 is 0 Å². The Hall–Kier alpha value is -5.07. The van der Waals surface area contributed by atoms with Crippen molar-refractivity contribution in [2.24, 2.45) is 0 Å². The molecule has 0 spiro atoms. The maximum Gasteiger partial charge on any atom is 0.231 e. The van der Waals surface area contributed by atoms with Crippen LogP contribution in [0.4, 0.5) is 0 Å². The summed E-state index contributed by atoms with van der Waals surface area (Å²) in [6.45, 7) is 0. The van der Waals surface area contributed by atoms with Crippen molar-refractivity contribution in [1.29, 1.82) is 0 Å². The first-order chi connectivity index (χ1) is 19.4. The Kier molecular flexibility index (Phi) is 5.90. The number of rotatable bonds is 2. The highest BCUT2D eigenvalue weighted by molar-refractivity contribution is 5.94. The number of fused-ring (bicyclic) bond motifs is 3. The van der Waals surface area contributed by atoms with E-state index in [0.29, 0.717) is 0 Å². The van der Waals surface area contributed by atoms with Crippen LogP contribution in [0.5, 0.6) is 51.7 Å². The van der Waals surface area contributed by atoms with Crippen molar-refractivity contribution in [2.75, 3.05) is 0 Å². The van der Waals surface area contributed by atoms with Gasteiger partial charge < -0.3 is 55.4 Å². The lowest BCUT2D eigenvalue weighted by Gasteiger charge is -2.32. The maximum absolute atomic E-state index is 13.2. The molecule has 0 aromatic heterocycles. The largest absolute Gasteiger partial charge is 0.508 e. The minimum Gasteiger partial charge on any atom is -0.508 e. The fourth-order valence-electron chi connectivity index (χ4n) is 5.52. The summed E-state index contributed by atoms with van der Waals surface area (Å²) in [5.74, 6) is -3.57. The van der Waals surface area contributed by atoms with Gasteiger partial charge in [-0.2, -0.15) is 0 Å². The molecule has 12 heteroatoms. The normalized spacial score (nSPS) is 21.4. The second kappa shape index (κ2) is 9.25. The van der Waals surface area contributed by atoms with E-state index in [1.807, 2.05) is 0 Å². The summed E-state index contributed by atoms with van der Waals surface area (Å²) in [6.07, 6.45) is -5.40. The molecule has 2 aliphatic rings. The molecule has 4 aromatic carbocycles. The number of aromatic hydroxyl groups is 7. The van der Waals surface area contributed by atoms with Gasteiger partial charge in [-0.15, -0.1) is 0 Å². The first-order valence-electron chi connectivity index (χ1n) is 12.5. The van der Waals surface area contributed by atoms with Crippen molar-refractivity contribution in [3.8, 4) is 51.7 Å². The van der Waals surface area contributed by atoms with Crippen molar-refractivity contribution >= 4 is 10.8 Å². The zero-order chi connectivity index (χ0) is 29.3. The summed E-state index contributed by atoms with van der Waals surface area (Å²) in [6, 6.07) is 8.05. The van der Waals surface area contributed by atoms with Crippen LogP contribution in [0, 0.1) is 0 Å². The van der Waals surface area contributed by atoms with Crippen LogP contribution in [-0.4, -0.2) is 58.2 Å². The fraction of sp³-hybridized carbons (Fsp3) is 0.207. The maximum atomic E-state index is 13.2. The van der Waals surface area contributed by atoms with Crippen molar-refractivity contribution in [3.63, 3.8) is 0 Å². The average Bonchev–Trinajstić information content (AvgIpc) is 3.03. The summed E-state index contributed by atoms with van der Waals surface area (Å²) in [5, 5.41) is 93.5. The van der Waals surface area contributed by atoms with Gasteiger partial charge in [0.05, 0.1) is 17.6 Å². The van der Waals surface area contributed by atoms with E-state index in [9.17, 15) is 50.8 Å². The van der Waals surface area contributed by atoms with Gasteiger partial charge in [0.25, 0.3) is 0 Å². The highest BCUT2D eigenvalue weighted by atomic mass is 16.5. The van der Waals surface area contributed by atoms with Crippen molar-refractivity contribution in [1.82, 2.24) is 0 Å². The van der Waals surface area contributed by atoms with E-state index in [1.165, 1.54) is 18.2 Å². The molecule has 12 nitrogen and oxygen atoms in total. The molecule has 0 amide bonds. The Bertz CT molecular complexity index is 1800. The summed E-state index contributed by atoms with van der Waals surface area (Å²) in [7, 11) is 0. The predicted molar refractivity (Wildman–Crippen MR) is 141 cm³/mol. The number of phenolic OH excluding ortho intramolecular Hbond substituents is 6. The van der Waals surface area contributed by atoms with Gasteiger partial charge in [0.15, 0.2) is 23.4 Å². The summed E-state index contributed by atoms with van der Waals surface area (Å²) < 4.78 is 11.8. The minimum atomic E-state index is -1.34. The Morgan fingerprint density at radius 1 is 0.610 bits per heavy atom. The standard InChI is InChI=1S/C29H24O12/c30-11-3-17(32)15-8-21(36)28(40-23(15)5-11)10-1-13-14(7-20(35)27(39)25(13)26(38)19(34)2-10)29-22(37)9-16-18(33)4-12(31)6-24(16)41-29/h1-7,21-22,28-33,35-37,39H,8-9H2,(H,34,38)/t21?,22?,28-,29?/m1/s1. The third-order valence-corrected chi connectivity index (χ3v) is 7.43. The van der Waals surface area contributed by atoms with Crippen LogP contribution in [0.25, 0.3) is 10.8 Å². The fourth-order valence-corrected chi connectivity index (χ4v) is 5.52. The smallest absolute Gasteiger partial charge is 0.231 e. The highest BCUT2D eigenvalue weighted by Crippen LogP contribution is 2.47. The topological polar surface area (TPSA) is 218 Å². The van der Waals surface area contributed by atoms with E-state index in [2.05, 4.69) is 0 Å². The molecule has 41 heavy (non-hydrogen) atoms. The van der Waals surface area contributed by atoms with Crippen LogP contribution >= 0.6 is 0 Å². The van der Waals surface area contributed by atoms with Crippen LogP contribution in [0.1, 0.15) is 34.5 Å². The summed E-state index contributed by atoms with van der Waals surface area (Å²) in [5.41, 5.74) is -0.578. The molecule has 0 saturated heterocycles. The first kappa shape index (κ1) is 26.2. The van der Waals surface area contributed by atoms with Gasteiger partial charge in [0.2, 0.25) is 5.43 Å². The molecule has 0 aliphatic carbocycles. The van der Waals surface area contributed by atoms with Gasteiger partial charge in [0.1, 0.15) is 40.6 Å². The van der Waals surface area contributed by atoms with Crippen LogP contribution in [0.3, 0.4) is 0 Å². The van der Waals surface area contributed by atoms with Gasteiger partial charge in [0, 0.05) is 53.8 Å². The molecule has 4 aromatic rings. The molecule has 0 radical (unpaired) electrons. The summed E-state index contributed by atoms with van der Waals surface area (Å²) >= 11 is 0. The van der Waals surface area contributed by atoms with E-state index in [4.69, 9.17) is 9.47 Å². The molecular weight excluding hydrogens is 540 g/mol. The van der Waals surface area contributed by atoms with Gasteiger partial charge in [-0.1, -0.05) is 0 Å². The SMILES string of the molecule is O=c1c(O)cc([C@H]2Oc3cc(O)cc(O)c3CC2O)cc2c(C3Oc4cc(O)cc(O)c4CC3O)cc(O)c(O)c12. The lowest BCUT2D eigenvalue weighted by molar-refractivity contribution is 0.0193. The second-order valence-electron chi connectivity index (χ2n) is 10.1. The molecule has 0 fully saturated rings. The van der Waals surface area contributed by atoms with Crippen molar-refractivity contribution in [3.05, 3.63) is 74.9 Å². The zero-order valence-corrected chi connectivity index (χ0v) is 21.0. The molecule has 212 valence electrons. The van der Waals surface area contributed by atoms with Gasteiger partial charge in [-0.25, -0.2) is 0 Å². The lowest BCUT2D eigenvalue weighted by atomic mass is 9.90. The summed E-state index contributed by atoms with van der Waals surface area (Å²) in [4.78, 5) is 13.2. The van der Waals surface area contributed by atoms with Gasteiger partial charge >= 0.3 is 0 Å². The zero-order valence-electron chi connectivity index (χ0n) is 21.0. The van der Waals surface area contributed by atoms with Crippen molar-refractivity contribution in [2.45, 2.75) is 37.3 Å². The van der Waals surface area contributed by atoms with E-state index in [0.717, 1.165) is 24.3 Å². The molecule has 6 rings (SSSR count). The lowest BCUT2D eigenvalue weighted by Crippen LogP contribution is -2.31. The first-order valence-corrected chi connectivity index (χ1v) is 12.5. The van der Waals surface area contributed by atoms with E-state index in [-0.39, 0.29) is 75.0 Å². The van der Waals surface area contributed by atoms with E-state index in [1.54, 1.807) is 0 Å². The van der Waals surface area contributed by atoms with Crippen LogP contribution < -0.4 is 14.9 Å². The molecule has 3 unspecified atom stereocenters. The molecule has 4 atom stereocenters. The number of benzene rings is 3. The Morgan fingerprint density at radius 2 is 1.15 bits per heavy atom. The van der Waals surface area contributed by atoms with Crippen LogP contribution in [-0.2, 0) is 12.8 Å². The van der Waals surface area contributed by atoms with Crippen LogP contribution in [0.2, 0.25) is 0 Å². The van der Waals surface area contributed by atoms with E-state index < -0.39 is 52.5 Å². The monoisotopic (exact) mass is 564 g/mol. The third-order valence-electron chi connectivity index (χ3n) is 7.43.